The SMILES string of the molecule is CC(C)[N+]1(C)[C@@H]2CC[C@H]1CC(OC(=O)C(CO)c1ccc(O)cc1)C2.[Br-]. The number of rotatable bonds is 5. The molecule has 0 aliphatic carbocycles. The summed E-state index contributed by atoms with van der Waals surface area (Å²) in [5.41, 5.74) is 0.673. The lowest BCUT2D eigenvalue weighted by Gasteiger charge is -2.49. The second kappa shape index (κ2) is 8.28. The zero-order valence-corrected chi connectivity index (χ0v) is 17.4. The zero-order chi connectivity index (χ0) is 18.2. The van der Waals surface area contributed by atoms with Crippen LogP contribution in [0, 0.1) is 0 Å². The number of aliphatic hydroxyl groups is 1. The molecule has 0 radical (unpaired) electrons. The van der Waals surface area contributed by atoms with E-state index in [4.69, 9.17) is 4.74 Å². The maximum Gasteiger partial charge on any atom is 0.316 e. The van der Waals surface area contributed by atoms with Crippen LogP contribution in [0.3, 0.4) is 0 Å². The molecule has 3 rings (SSSR count). The van der Waals surface area contributed by atoms with Crippen LogP contribution in [0.1, 0.15) is 51.0 Å². The van der Waals surface area contributed by atoms with Crippen molar-refractivity contribution < 1.29 is 41.2 Å². The Bertz CT molecular complexity index is 605. The molecule has 6 heteroatoms. The van der Waals surface area contributed by atoms with E-state index >= 15 is 0 Å². The number of phenolic OH excluding ortho intramolecular Hbond substituents is 1. The number of hydrogen-bond acceptors (Lipinski definition) is 4. The molecular formula is C20H30BrNO4. The summed E-state index contributed by atoms with van der Waals surface area (Å²) in [6, 6.07) is 8.06. The predicted molar refractivity (Wildman–Crippen MR) is 95.2 cm³/mol. The summed E-state index contributed by atoms with van der Waals surface area (Å²) in [5.74, 6) is -0.909. The van der Waals surface area contributed by atoms with Crippen molar-refractivity contribution in [2.75, 3.05) is 13.7 Å². The van der Waals surface area contributed by atoms with Crippen molar-refractivity contribution in [2.24, 2.45) is 0 Å². The van der Waals surface area contributed by atoms with Crippen LogP contribution < -0.4 is 17.0 Å². The van der Waals surface area contributed by atoms with Gasteiger partial charge in [-0.05, 0) is 31.5 Å². The number of hydrogen-bond donors (Lipinski definition) is 2. The number of piperidine rings is 1. The summed E-state index contributed by atoms with van der Waals surface area (Å²) in [7, 11) is 2.35. The summed E-state index contributed by atoms with van der Waals surface area (Å²) >= 11 is 0. The van der Waals surface area contributed by atoms with Crippen molar-refractivity contribution in [2.45, 2.75) is 69.7 Å². The van der Waals surface area contributed by atoms with E-state index < -0.39 is 5.92 Å². The number of ether oxygens (including phenoxy) is 1. The van der Waals surface area contributed by atoms with Crippen LogP contribution in [-0.2, 0) is 9.53 Å². The Morgan fingerprint density at radius 2 is 1.73 bits per heavy atom. The summed E-state index contributed by atoms with van der Waals surface area (Å²) in [6.07, 6.45) is 4.17. The first-order chi connectivity index (χ1) is 11.9. The molecule has 0 spiro atoms. The molecule has 1 aromatic rings. The molecule has 146 valence electrons. The van der Waals surface area contributed by atoms with E-state index in [1.54, 1.807) is 12.1 Å². The van der Waals surface area contributed by atoms with Gasteiger partial charge in [0, 0.05) is 25.7 Å². The Morgan fingerprint density at radius 1 is 1.19 bits per heavy atom. The standard InChI is InChI=1S/C20H29NO4.BrH/c1-13(2)21(3)15-6-7-16(21)11-18(10-15)25-20(24)19(12-22)14-4-8-17(23)9-5-14;/h4-5,8-9,13,15-16,18-19,22H,6-7,10-12H2,1-3H3;1H/t15-,16+,18?,19?,21?;. The average Bonchev–Trinajstić information content (AvgIpc) is 2.75. The average molecular weight is 428 g/mol. The second-order valence-corrected chi connectivity index (χ2v) is 8.06. The fourth-order valence-electron chi connectivity index (χ4n) is 4.84. The third-order valence-electron chi connectivity index (χ3n) is 6.63. The largest absolute Gasteiger partial charge is 1.00 e. The second-order valence-electron chi connectivity index (χ2n) is 8.06. The molecule has 3 unspecified atom stereocenters. The molecule has 26 heavy (non-hydrogen) atoms. The number of halogens is 1. The lowest BCUT2D eigenvalue weighted by Crippen LogP contribution is -3.00. The number of benzene rings is 1. The fraction of sp³-hybridized carbons (Fsp3) is 0.650. The van der Waals surface area contributed by atoms with Crippen molar-refractivity contribution in [3.8, 4) is 5.75 Å². The molecule has 2 N–H and O–H groups in total. The number of nitrogens with zero attached hydrogens (tertiary/aromatic N) is 1. The van der Waals surface area contributed by atoms with Gasteiger partial charge >= 0.3 is 5.97 Å². The highest BCUT2D eigenvalue weighted by Gasteiger charge is 2.53. The van der Waals surface area contributed by atoms with Crippen LogP contribution in [0.2, 0.25) is 0 Å². The fourth-order valence-corrected chi connectivity index (χ4v) is 4.84. The van der Waals surface area contributed by atoms with Gasteiger partial charge in [-0.3, -0.25) is 4.79 Å². The third-order valence-corrected chi connectivity index (χ3v) is 6.63. The Hall–Kier alpha value is -1.11. The molecule has 5 atom stereocenters. The molecule has 2 fully saturated rings. The molecule has 0 amide bonds. The molecule has 2 aliphatic heterocycles. The van der Waals surface area contributed by atoms with Crippen molar-refractivity contribution in [3.05, 3.63) is 29.8 Å². The first kappa shape index (κ1) is 21.2. The molecule has 0 saturated carbocycles. The van der Waals surface area contributed by atoms with Crippen LogP contribution in [-0.4, -0.2) is 58.5 Å². The van der Waals surface area contributed by atoms with Crippen molar-refractivity contribution in [1.29, 1.82) is 0 Å². The molecular weight excluding hydrogens is 398 g/mol. The highest BCUT2D eigenvalue weighted by Crippen LogP contribution is 2.44. The quantitative estimate of drug-likeness (QED) is 0.493. The number of aliphatic hydroxyl groups excluding tert-OH is 1. The third kappa shape index (κ3) is 3.78. The van der Waals surface area contributed by atoms with Crippen LogP contribution in [0.25, 0.3) is 0 Å². The van der Waals surface area contributed by atoms with Crippen LogP contribution in [0.4, 0.5) is 0 Å². The van der Waals surface area contributed by atoms with E-state index in [1.165, 1.54) is 25.0 Å². The highest BCUT2D eigenvalue weighted by atomic mass is 79.9. The van der Waals surface area contributed by atoms with Gasteiger partial charge in [0.15, 0.2) is 0 Å². The molecule has 5 nitrogen and oxygen atoms in total. The number of carbonyl (C=O) groups excluding carboxylic acids is 1. The molecule has 2 aliphatic rings. The van der Waals surface area contributed by atoms with Gasteiger partial charge in [0.05, 0.1) is 31.8 Å². The lowest BCUT2D eigenvalue weighted by atomic mass is 9.94. The summed E-state index contributed by atoms with van der Waals surface area (Å²) < 4.78 is 6.90. The Kier molecular flexibility index (Phi) is 6.75. The van der Waals surface area contributed by atoms with Gasteiger partial charge in [0.1, 0.15) is 17.8 Å². The van der Waals surface area contributed by atoms with Crippen molar-refractivity contribution in [1.82, 2.24) is 0 Å². The predicted octanol–water partition coefficient (Wildman–Crippen LogP) is -0.436. The van der Waals surface area contributed by atoms with Gasteiger partial charge in [-0.2, -0.15) is 0 Å². The number of fused-ring (bicyclic) bond motifs is 2. The van der Waals surface area contributed by atoms with E-state index in [2.05, 4.69) is 20.9 Å². The smallest absolute Gasteiger partial charge is 0.316 e. The van der Waals surface area contributed by atoms with Crippen molar-refractivity contribution >= 4 is 5.97 Å². The van der Waals surface area contributed by atoms with E-state index in [-0.39, 0.29) is 41.4 Å². The molecule has 0 aromatic heterocycles. The normalized spacial score (nSPS) is 31.3. The number of quaternary nitrogens is 1. The van der Waals surface area contributed by atoms with Crippen molar-refractivity contribution in [3.63, 3.8) is 0 Å². The van der Waals surface area contributed by atoms with Gasteiger partial charge in [-0.1, -0.05) is 12.1 Å². The first-order valence-electron chi connectivity index (χ1n) is 9.32. The summed E-state index contributed by atoms with van der Waals surface area (Å²) in [5, 5.41) is 19.0. The van der Waals surface area contributed by atoms with Gasteiger partial charge in [0.2, 0.25) is 0 Å². The Morgan fingerprint density at radius 3 is 2.19 bits per heavy atom. The van der Waals surface area contributed by atoms with Gasteiger partial charge in [-0.15, -0.1) is 0 Å². The first-order valence-corrected chi connectivity index (χ1v) is 9.32. The maximum atomic E-state index is 12.6. The van der Waals surface area contributed by atoms with Crippen LogP contribution in [0.15, 0.2) is 24.3 Å². The minimum atomic E-state index is -0.689. The topological polar surface area (TPSA) is 66.8 Å². The van der Waals surface area contributed by atoms with Gasteiger partial charge < -0.3 is 36.4 Å². The number of carbonyl (C=O) groups is 1. The van der Waals surface area contributed by atoms with Crippen LogP contribution in [0.5, 0.6) is 5.75 Å². The minimum Gasteiger partial charge on any atom is -1.00 e. The number of esters is 1. The van der Waals surface area contributed by atoms with E-state index in [0.717, 1.165) is 17.3 Å². The van der Waals surface area contributed by atoms with Gasteiger partial charge in [0.25, 0.3) is 0 Å². The highest BCUT2D eigenvalue weighted by molar-refractivity contribution is 5.78. The monoisotopic (exact) mass is 427 g/mol. The van der Waals surface area contributed by atoms with E-state index in [1.807, 2.05) is 0 Å². The molecule has 2 heterocycles. The van der Waals surface area contributed by atoms with E-state index in [9.17, 15) is 15.0 Å². The molecule has 2 saturated heterocycles. The molecule has 2 bridgehead atoms. The summed E-state index contributed by atoms with van der Waals surface area (Å²) in [4.78, 5) is 12.6. The zero-order valence-electron chi connectivity index (χ0n) is 15.8. The van der Waals surface area contributed by atoms with E-state index in [0.29, 0.717) is 23.7 Å². The summed E-state index contributed by atoms with van der Waals surface area (Å²) in [6.45, 7) is 4.28. The molecule has 1 aromatic carbocycles. The Labute approximate surface area is 166 Å². The number of aromatic hydroxyl groups is 1. The van der Waals surface area contributed by atoms with Crippen LogP contribution >= 0.6 is 0 Å². The minimum absolute atomic E-state index is 0. The Balaban J connectivity index is 0.00000243. The lowest BCUT2D eigenvalue weighted by molar-refractivity contribution is -0.968. The maximum absolute atomic E-state index is 12.6. The van der Waals surface area contributed by atoms with Gasteiger partial charge in [-0.25, -0.2) is 0 Å². The number of phenols is 1.